The Balaban J connectivity index is 2.77. The van der Waals surface area contributed by atoms with E-state index in [0.717, 1.165) is 11.1 Å². The van der Waals surface area contributed by atoms with E-state index in [9.17, 15) is 5.11 Å². The molecule has 70 valence electrons. The molecule has 0 saturated carbocycles. The molecular formula is C11H14O2. The van der Waals surface area contributed by atoms with E-state index in [1.54, 1.807) is 6.92 Å². The minimum absolute atomic E-state index is 0.227. The van der Waals surface area contributed by atoms with Crippen molar-refractivity contribution in [2.24, 2.45) is 0 Å². The molecule has 1 aromatic rings. The van der Waals surface area contributed by atoms with Crippen LogP contribution in [0.1, 0.15) is 12.5 Å². The summed E-state index contributed by atoms with van der Waals surface area (Å²) in [5.41, 5.74) is 1.81. The molecule has 2 N–H and O–H groups in total. The van der Waals surface area contributed by atoms with Crippen molar-refractivity contribution < 1.29 is 10.2 Å². The summed E-state index contributed by atoms with van der Waals surface area (Å²) in [5.74, 6) is 0. The topological polar surface area (TPSA) is 40.5 Å². The maximum absolute atomic E-state index is 9.27. The van der Waals surface area contributed by atoms with Gasteiger partial charge in [-0.2, -0.15) is 0 Å². The molecule has 0 fully saturated rings. The molecule has 2 nitrogen and oxygen atoms in total. The maximum atomic E-state index is 9.27. The van der Waals surface area contributed by atoms with Gasteiger partial charge in [-0.1, -0.05) is 36.4 Å². The second-order valence-electron chi connectivity index (χ2n) is 3.00. The molecule has 2 heteroatoms. The van der Waals surface area contributed by atoms with Gasteiger partial charge in [0.25, 0.3) is 0 Å². The van der Waals surface area contributed by atoms with Gasteiger partial charge in [-0.3, -0.25) is 0 Å². The highest BCUT2D eigenvalue weighted by Crippen LogP contribution is 2.08. The Morgan fingerprint density at radius 3 is 2.54 bits per heavy atom. The molecule has 0 unspecified atom stereocenters. The largest absolute Gasteiger partial charge is 0.393 e. The first-order valence-electron chi connectivity index (χ1n) is 4.26. The molecule has 1 aromatic carbocycles. The van der Waals surface area contributed by atoms with E-state index in [4.69, 9.17) is 5.11 Å². The number of benzene rings is 1. The zero-order valence-corrected chi connectivity index (χ0v) is 7.64. The molecule has 0 spiro atoms. The zero-order chi connectivity index (χ0) is 9.68. The molecule has 0 amide bonds. The van der Waals surface area contributed by atoms with Crippen LogP contribution in [0.15, 0.2) is 35.9 Å². The lowest BCUT2D eigenvalue weighted by atomic mass is 10.1. The number of hydrogen-bond donors (Lipinski definition) is 2. The van der Waals surface area contributed by atoms with Gasteiger partial charge in [0.1, 0.15) is 0 Å². The summed E-state index contributed by atoms with van der Waals surface area (Å²) in [6, 6.07) is 9.71. The first-order chi connectivity index (χ1) is 6.24. The van der Waals surface area contributed by atoms with E-state index < -0.39 is 6.10 Å². The fraction of sp³-hybridized carbons (Fsp3) is 0.273. The van der Waals surface area contributed by atoms with Crippen LogP contribution in [0.2, 0.25) is 0 Å². The van der Waals surface area contributed by atoms with Crippen molar-refractivity contribution in [3.8, 4) is 0 Å². The molecule has 0 saturated heterocycles. The Morgan fingerprint density at radius 2 is 2.00 bits per heavy atom. The lowest BCUT2D eigenvalue weighted by Gasteiger charge is -2.06. The number of rotatable bonds is 3. The minimum Gasteiger partial charge on any atom is -0.393 e. The van der Waals surface area contributed by atoms with E-state index in [2.05, 4.69) is 0 Å². The van der Waals surface area contributed by atoms with Crippen LogP contribution < -0.4 is 0 Å². The Kier molecular flexibility index (Phi) is 3.68. The minimum atomic E-state index is -0.750. The molecule has 0 aliphatic heterocycles. The van der Waals surface area contributed by atoms with Crippen LogP contribution in [0.5, 0.6) is 0 Å². The normalized spacial score (nSPS) is 14.2. The average molecular weight is 178 g/mol. The number of hydrogen-bond acceptors (Lipinski definition) is 2. The van der Waals surface area contributed by atoms with Crippen molar-refractivity contribution >= 4 is 6.08 Å². The van der Waals surface area contributed by atoms with Crippen molar-refractivity contribution in [2.45, 2.75) is 13.0 Å². The highest BCUT2D eigenvalue weighted by atomic mass is 16.3. The van der Waals surface area contributed by atoms with E-state index >= 15 is 0 Å². The van der Waals surface area contributed by atoms with Gasteiger partial charge in [0.2, 0.25) is 0 Å². The van der Waals surface area contributed by atoms with Crippen molar-refractivity contribution in [3.05, 3.63) is 41.5 Å². The number of aliphatic hydroxyl groups excluding tert-OH is 2. The van der Waals surface area contributed by atoms with Crippen LogP contribution in [0.25, 0.3) is 6.08 Å². The summed E-state index contributed by atoms with van der Waals surface area (Å²) in [6.07, 6.45) is 1.11. The summed E-state index contributed by atoms with van der Waals surface area (Å²) < 4.78 is 0. The molecule has 1 rings (SSSR count). The summed E-state index contributed by atoms with van der Waals surface area (Å²) in [5, 5.41) is 18.0. The third-order valence-corrected chi connectivity index (χ3v) is 1.89. The Bertz CT molecular complexity index is 277. The van der Waals surface area contributed by atoms with E-state index in [1.165, 1.54) is 0 Å². The van der Waals surface area contributed by atoms with Crippen LogP contribution in [-0.4, -0.2) is 22.9 Å². The molecule has 0 aromatic heterocycles. The van der Waals surface area contributed by atoms with Crippen molar-refractivity contribution in [3.63, 3.8) is 0 Å². The second-order valence-corrected chi connectivity index (χ2v) is 3.00. The van der Waals surface area contributed by atoms with Crippen molar-refractivity contribution in [2.75, 3.05) is 6.61 Å². The lowest BCUT2D eigenvalue weighted by Crippen LogP contribution is -2.12. The van der Waals surface area contributed by atoms with Crippen LogP contribution in [0.3, 0.4) is 0 Å². The van der Waals surface area contributed by atoms with Gasteiger partial charge in [0.15, 0.2) is 0 Å². The summed E-state index contributed by atoms with van der Waals surface area (Å²) in [6.45, 7) is 1.57. The average Bonchev–Trinajstić information content (AvgIpc) is 2.18. The van der Waals surface area contributed by atoms with Crippen molar-refractivity contribution in [1.82, 2.24) is 0 Å². The van der Waals surface area contributed by atoms with Gasteiger partial charge in [-0.15, -0.1) is 0 Å². The van der Waals surface area contributed by atoms with Gasteiger partial charge < -0.3 is 10.2 Å². The van der Waals surface area contributed by atoms with Crippen LogP contribution in [-0.2, 0) is 0 Å². The first-order valence-corrected chi connectivity index (χ1v) is 4.26. The van der Waals surface area contributed by atoms with Gasteiger partial charge in [-0.05, 0) is 18.1 Å². The Hall–Kier alpha value is -1.12. The number of aliphatic hydroxyl groups is 2. The monoisotopic (exact) mass is 178 g/mol. The summed E-state index contributed by atoms with van der Waals surface area (Å²) >= 11 is 0. The predicted molar refractivity (Wildman–Crippen MR) is 53.2 cm³/mol. The SMILES string of the molecule is C/C(=C\c1ccccc1)[C@@H](O)CO. The highest BCUT2D eigenvalue weighted by molar-refractivity contribution is 5.52. The fourth-order valence-corrected chi connectivity index (χ4v) is 1.05. The Morgan fingerprint density at radius 1 is 1.38 bits per heavy atom. The van der Waals surface area contributed by atoms with Crippen molar-refractivity contribution in [1.29, 1.82) is 0 Å². The predicted octanol–water partition coefficient (Wildman–Crippen LogP) is 1.44. The molecule has 13 heavy (non-hydrogen) atoms. The molecule has 1 atom stereocenters. The molecule has 0 heterocycles. The zero-order valence-electron chi connectivity index (χ0n) is 7.64. The quantitative estimate of drug-likeness (QED) is 0.735. The van der Waals surface area contributed by atoms with Gasteiger partial charge >= 0.3 is 0 Å². The highest BCUT2D eigenvalue weighted by Gasteiger charge is 2.02. The lowest BCUT2D eigenvalue weighted by molar-refractivity contribution is 0.123. The molecule has 0 aliphatic carbocycles. The summed E-state index contributed by atoms with van der Waals surface area (Å²) in [7, 11) is 0. The van der Waals surface area contributed by atoms with E-state index in [-0.39, 0.29) is 6.61 Å². The standard InChI is InChI=1S/C11H14O2/c1-9(11(13)8-12)7-10-5-3-2-4-6-10/h2-7,11-13H,8H2,1H3/b9-7+/t11-/m0/s1. The Labute approximate surface area is 78.2 Å². The van der Waals surface area contributed by atoms with Gasteiger partial charge in [0, 0.05) is 0 Å². The van der Waals surface area contributed by atoms with Crippen LogP contribution in [0.4, 0.5) is 0 Å². The molecule has 0 aliphatic rings. The van der Waals surface area contributed by atoms with E-state index in [0.29, 0.717) is 0 Å². The molecular weight excluding hydrogens is 164 g/mol. The third kappa shape index (κ3) is 3.01. The van der Waals surface area contributed by atoms with E-state index in [1.807, 2.05) is 36.4 Å². The van der Waals surface area contributed by atoms with Gasteiger partial charge in [0.05, 0.1) is 12.7 Å². The van der Waals surface area contributed by atoms with Gasteiger partial charge in [-0.25, -0.2) is 0 Å². The smallest absolute Gasteiger partial charge is 0.0981 e. The second kappa shape index (κ2) is 4.80. The summed E-state index contributed by atoms with van der Waals surface area (Å²) in [4.78, 5) is 0. The first kappa shape index (κ1) is 9.96. The third-order valence-electron chi connectivity index (χ3n) is 1.89. The fourth-order valence-electron chi connectivity index (χ4n) is 1.05. The van der Waals surface area contributed by atoms with Crippen LogP contribution >= 0.6 is 0 Å². The van der Waals surface area contributed by atoms with Crippen LogP contribution in [0, 0.1) is 0 Å². The maximum Gasteiger partial charge on any atom is 0.0981 e. The molecule has 0 bridgehead atoms. The molecule has 0 radical (unpaired) electrons.